The molecule has 0 amide bonds. The van der Waals surface area contributed by atoms with Crippen LogP contribution in [-0.4, -0.2) is 24.8 Å². The van der Waals surface area contributed by atoms with Gasteiger partial charge in [-0.15, -0.1) is 0 Å². The molecule has 0 spiro atoms. The molecule has 0 heterocycles. The molecule has 0 saturated heterocycles. The first-order valence-corrected chi connectivity index (χ1v) is 6.08. The molecule has 0 saturated carbocycles. The zero-order chi connectivity index (χ0) is 13.5. The van der Waals surface area contributed by atoms with Gasteiger partial charge in [0.25, 0.3) is 0 Å². The topological polar surface area (TPSA) is 55.8 Å². The number of aromatic carboxylic acids is 1. The van der Waals surface area contributed by atoms with Crippen LogP contribution in [0.5, 0.6) is 11.5 Å². The Kier molecular flexibility index (Phi) is 5.49. The van der Waals surface area contributed by atoms with Crippen molar-refractivity contribution in [1.82, 2.24) is 0 Å². The van der Waals surface area contributed by atoms with E-state index in [1.165, 1.54) is 19.2 Å². The third-order valence-electron chi connectivity index (χ3n) is 2.59. The smallest absolute Gasteiger partial charge is 0.335 e. The molecule has 0 aromatic heterocycles. The molecule has 0 aliphatic rings. The molecule has 1 N–H and O–H groups in total. The Hall–Kier alpha value is -1.71. The highest BCUT2D eigenvalue weighted by Gasteiger charge is 2.09. The zero-order valence-electron chi connectivity index (χ0n) is 11.1. The maximum absolute atomic E-state index is 10.8. The molecule has 0 fully saturated rings. The van der Waals surface area contributed by atoms with Gasteiger partial charge >= 0.3 is 5.97 Å². The maximum atomic E-state index is 10.8. The van der Waals surface area contributed by atoms with E-state index in [2.05, 4.69) is 13.8 Å². The third kappa shape index (κ3) is 4.28. The number of ether oxygens (including phenoxy) is 2. The summed E-state index contributed by atoms with van der Waals surface area (Å²) in [6, 6.07) is 4.63. The van der Waals surface area contributed by atoms with Crippen molar-refractivity contribution in [2.75, 3.05) is 13.7 Å². The number of hydrogen-bond donors (Lipinski definition) is 1. The Morgan fingerprint density at radius 3 is 2.61 bits per heavy atom. The lowest BCUT2D eigenvalue weighted by Gasteiger charge is -2.11. The van der Waals surface area contributed by atoms with Crippen molar-refractivity contribution in [3.8, 4) is 11.5 Å². The molecule has 4 nitrogen and oxygen atoms in total. The van der Waals surface area contributed by atoms with Crippen LogP contribution in [0.4, 0.5) is 0 Å². The Morgan fingerprint density at radius 1 is 1.33 bits per heavy atom. The van der Waals surface area contributed by atoms with E-state index in [9.17, 15) is 4.79 Å². The van der Waals surface area contributed by atoms with Crippen LogP contribution < -0.4 is 9.47 Å². The fourth-order valence-corrected chi connectivity index (χ4v) is 1.59. The highest BCUT2D eigenvalue weighted by molar-refractivity contribution is 5.88. The number of methoxy groups -OCH3 is 1. The Balaban J connectivity index is 2.62. The molecular weight excluding hydrogens is 232 g/mol. The summed E-state index contributed by atoms with van der Waals surface area (Å²) in [6.07, 6.45) is 2.08. The second-order valence-corrected chi connectivity index (χ2v) is 4.56. The van der Waals surface area contributed by atoms with E-state index in [-0.39, 0.29) is 5.56 Å². The minimum Gasteiger partial charge on any atom is -0.493 e. The zero-order valence-corrected chi connectivity index (χ0v) is 11.1. The molecule has 1 aromatic rings. The predicted octanol–water partition coefficient (Wildman–Crippen LogP) is 3.21. The molecule has 4 heteroatoms. The van der Waals surface area contributed by atoms with Crippen LogP contribution in [0.2, 0.25) is 0 Å². The fraction of sp³-hybridized carbons (Fsp3) is 0.500. The summed E-state index contributed by atoms with van der Waals surface area (Å²) in [5.74, 6) is 0.732. The van der Waals surface area contributed by atoms with E-state index in [4.69, 9.17) is 14.6 Å². The lowest BCUT2D eigenvalue weighted by Crippen LogP contribution is -2.03. The summed E-state index contributed by atoms with van der Waals surface area (Å²) >= 11 is 0. The first-order valence-electron chi connectivity index (χ1n) is 6.08. The molecule has 18 heavy (non-hydrogen) atoms. The van der Waals surface area contributed by atoms with E-state index in [0.717, 1.165) is 12.8 Å². The first kappa shape index (κ1) is 14.4. The summed E-state index contributed by atoms with van der Waals surface area (Å²) < 4.78 is 10.7. The van der Waals surface area contributed by atoms with Crippen LogP contribution in [0.3, 0.4) is 0 Å². The van der Waals surface area contributed by atoms with Crippen LogP contribution in [0.25, 0.3) is 0 Å². The number of carbonyl (C=O) groups is 1. The van der Waals surface area contributed by atoms with Crippen molar-refractivity contribution in [2.24, 2.45) is 5.92 Å². The maximum Gasteiger partial charge on any atom is 0.335 e. The van der Waals surface area contributed by atoms with Crippen molar-refractivity contribution in [3.05, 3.63) is 23.8 Å². The summed E-state index contributed by atoms with van der Waals surface area (Å²) in [4.78, 5) is 10.8. The largest absolute Gasteiger partial charge is 0.493 e. The standard InChI is InChI=1S/C14H20O4/c1-10(2)5-4-8-18-12-7-6-11(14(15)16)9-13(12)17-3/h6-7,9-10H,4-5,8H2,1-3H3,(H,15,16). The van der Waals surface area contributed by atoms with Crippen molar-refractivity contribution in [2.45, 2.75) is 26.7 Å². The van der Waals surface area contributed by atoms with Gasteiger partial charge in [0.2, 0.25) is 0 Å². The van der Waals surface area contributed by atoms with Crippen LogP contribution in [0, 0.1) is 5.92 Å². The van der Waals surface area contributed by atoms with Gasteiger partial charge in [-0.2, -0.15) is 0 Å². The monoisotopic (exact) mass is 252 g/mol. The summed E-state index contributed by atoms with van der Waals surface area (Å²) in [5, 5.41) is 8.87. The van der Waals surface area contributed by atoms with Crippen molar-refractivity contribution in [3.63, 3.8) is 0 Å². The van der Waals surface area contributed by atoms with E-state index < -0.39 is 5.97 Å². The van der Waals surface area contributed by atoms with Crippen LogP contribution in [-0.2, 0) is 0 Å². The minimum atomic E-state index is -0.973. The van der Waals surface area contributed by atoms with Gasteiger partial charge in [0.1, 0.15) is 0 Å². The van der Waals surface area contributed by atoms with Crippen LogP contribution in [0.15, 0.2) is 18.2 Å². The van der Waals surface area contributed by atoms with Gasteiger partial charge in [-0.25, -0.2) is 4.79 Å². The highest BCUT2D eigenvalue weighted by Crippen LogP contribution is 2.28. The quantitative estimate of drug-likeness (QED) is 0.757. The van der Waals surface area contributed by atoms with Gasteiger partial charge in [0, 0.05) is 0 Å². The van der Waals surface area contributed by atoms with Gasteiger partial charge in [0.15, 0.2) is 11.5 Å². The van der Waals surface area contributed by atoms with Crippen molar-refractivity contribution in [1.29, 1.82) is 0 Å². The number of hydrogen-bond acceptors (Lipinski definition) is 3. The van der Waals surface area contributed by atoms with Crippen LogP contribution >= 0.6 is 0 Å². The van der Waals surface area contributed by atoms with Gasteiger partial charge in [-0.1, -0.05) is 13.8 Å². The number of carboxylic acids is 1. The SMILES string of the molecule is COc1cc(C(=O)O)ccc1OCCCC(C)C. The molecule has 0 aliphatic heterocycles. The van der Waals surface area contributed by atoms with Gasteiger partial charge in [-0.3, -0.25) is 0 Å². The second-order valence-electron chi connectivity index (χ2n) is 4.56. The normalized spacial score (nSPS) is 10.4. The van der Waals surface area contributed by atoms with Gasteiger partial charge < -0.3 is 14.6 Å². The molecule has 0 aliphatic carbocycles. The Morgan fingerprint density at radius 2 is 2.06 bits per heavy atom. The van der Waals surface area contributed by atoms with Crippen molar-refractivity contribution < 1.29 is 19.4 Å². The number of benzene rings is 1. The highest BCUT2D eigenvalue weighted by atomic mass is 16.5. The summed E-state index contributed by atoms with van der Waals surface area (Å²) in [6.45, 7) is 4.95. The lowest BCUT2D eigenvalue weighted by atomic mass is 10.1. The number of rotatable bonds is 7. The van der Waals surface area contributed by atoms with E-state index >= 15 is 0 Å². The molecule has 100 valence electrons. The van der Waals surface area contributed by atoms with Gasteiger partial charge in [-0.05, 0) is 37.0 Å². The van der Waals surface area contributed by atoms with Crippen LogP contribution in [0.1, 0.15) is 37.0 Å². The van der Waals surface area contributed by atoms with E-state index in [1.54, 1.807) is 6.07 Å². The third-order valence-corrected chi connectivity index (χ3v) is 2.59. The lowest BCUT2D eigenvalue weighted by molar-refractivity contribution is 0.0696. The van der Waals surface area contributed by atoms with E-state index in [0.29, 0.717) is 24.0 Å². The van der Waals surface area contributed by atoms with E-state index in [1.807, 2.05) is 0 Å². The number of carboxylic acid groups (broad SMARTS) is 1. The Bertz CT molecular complexity index is 399. The molecule has 0 atom stereocenters. The molecule has 0 radical (unpaired) electrons. The fourth-order valence-electron chi connectivity index (χ4n) is 1.59. The molecule has 1 aromatic carbocycles. The Labute approximate surface area is 108 Å². The van der Waals surface area contributed by atoms with Crippen molar-refractivity contribution >= 4 is 5.97 Å². The minimum absolute atomic E-state index is 0.196. The summed E-state index contributed by atoms with van der Waals surface area (Å²) in [7, 11) is 1.50. The predicted molar refractivity (Wildman–Crippen MR) is 69.5 cm³/mol. The molecule has 0 bridgehead atoms. The molecule has 0 unspecified atom stereocenters. The average molecular weight is 252 g/mol. The summed E-state index contributed by atoms with van der Waals surface area (Å²) in [5.41, 5.74) is 0.196. The van der Waals surface area contributed by atoms with Gasteiger partial charge in [0.05, 0.1) is 19.3 Å². The average Bonchev–Trinajstić information content (AvgIpc) is 2.34. The molecular formula is C14H20O4. The first-order chi connectivity index (χ1) is 8.54. The molecule has 1 rings (SSSR count). The second kappa shape index (κ2) is 6.89.